The monoisotopic (exact) mass is 309 g/mol. The predicted octanol–water partition coefficient (Wildman–Crippen LogP) is 0.867. The van der Waals surface area contributed by atoms with Crippen molar-refractivity contribution in [3.05, 3.63) is 24.3 Å². The van der Waals surface area contributed by atoms with E-state index in [1.807, 2.05) is 18.2 Å². The van der Waals surface area contributed by atoms with E-state index < -0.39 is 0 Å². The van der Waals surface area contributed by atoms with Gasteiger partial charge in [-0.2, -0.15) is 0 Å². The zero-order chi connectivity index (χ0) is 6.69. The molecule has 0 bridgehead atoms. The molecular weight excluding hydrogens is 301 g/mol. The third-order valence-corrected chi connectivity index (χ3v) is 3.46. The Morgan fingerprint density at radius 2 is 2.00 bits per heavy atom. The molecule has 0 unspecified atom stereocenters. The molecule has 0 saturated heterocycles. The van der Waals surface area contributed by atoms with E-state index in [9.17, 15) is 0 Å². The third kappa shape index (κ3) is 1.68. The van der Waals surface area contributed by atoms with E-state index >= 15 is 0 Å². The summed E-state index contributed by atoms with van der Waals surface area (Å²) in [5.41, 5.74) is 0. The van der Waals surface area contributed by atoms with Gasteiger partial charge in [0.05, 0.1) is 0 Å². The van der Waals surface area contributed by atoms with Crippen molar-refractivity contribution in [2.45, 2.75) is 0 Å². The molecule has 0 amide bonds. The Morgan fingerprint density at radius 1 is 1.33 bits per heavy atom. The van der Waals surface area contributed by atoms with Crippen LogP contribution in [0.4, 0.5) is 0 Å². The second-order valence-corrected chi connectivity index (χ2v) is 4.77. The van der Waals surface area contributed by atoms with E-state index in [-0.39, 0.29) is 0 Å². The molecule has 0 aromatic heterocycles. The van der Waals surface area contributed by atoms with Crippen molar-refractivity contribution in [2.75, 3.05) is 7.11 Å². The van der Waals surface area contributed by atoms with Gasteiger partial charge in [-0.1, -0.05) is 0 Å². The van der Waals surface area contributed by atoms with E-state index in [1.54, 1.807) is 7.11 Å². The first-order chi connectivity index (χ1) is 4.34. The van der Waals surface area contributed by atoms with Gasteiger partial charge in [-0.15, -0.1) is 0 Å². The molecule has 0 N–H and O–H groups in total. The fourth-order valence-electron chi connectivity index (χ4n) is 0.703. The Balaban J connectivity index is 3.01. The van der Waals surface area contributed by atoms with Gasteiger partial charge in [-0.25, -0.2) is 0 Å². The van der Waals surface area contributed by atoms with E-state index in [2.05, 4.69) is 6.07 Å². The van der Waals surface area contributed by atoms with Crippen molar-refractivity contribution in [3.63, 3.8) is 0 Å². The van der Waals surface area contributed by atoms with E-state index in [1.165, 1.54) is 3.07 Å². The molecule has 0 aliphatic rings. The second kappa shape index (κ2) is 3.21. The topological polar surface area (TPSA) is 9.23 Å². The van der Waals surface area contributed by atoms with Crippen LogP contribution in [0.3, 0.4) is 0 Å². The number of hydrogen-bond acceptors (Lipinski definition) is 1. The molecular formula is C7H7HgO+. The first-order valence-electron chi connectivity index (χ1n) is 2.79. The molecule has 1 aromatic rings. The average Bonchev–Trinajstić information content (AvgIpc) is 1.89. The van der Waals surface area contributed by atoms with Gasteiger partial charge in [0.1, 0.15) is 0 Å². The van der Waals surface area contributed by atoms with E-state index in [4.69, 9.17) is 4.74 Å². The Morgan fingerprint density at radius 3 is 2.44 bits per heavy atom. The quantitative estimate of drug-likeness (QED) is 0.700. The van der Waals surface area contributed by atoms with Gasteiger partial charge in [-0.05, 0) is 0 Å². The Bertz CT molecular complexity index is 198. The van der Waals surface area contributed by atoms with E-state index in [0.29, 0.717) is 26.1 Å². The third-order valence-electron chi connectivity index (χ3n) is 1.19. The Labute approximate surface area is 71.0 Å². The summed E-state index contributed by atoms with van der Waals surface area (Å²) in [4.78, 5) is 0. The van der Waals surface area contributed by atoms with Crippen molar-refractivity contribution in [3.8, 4) is 5.75 Å². The molecule has 0 atom stereocenters. The summed E-state index contributed by atoms with van der Waals surface area (Å²) in [6.45, 7) is 0. The second-order valence-electron chi connectivity index (χ2n) is 1.81. The van der Waals surface area contributed by atoms with Crippen LogP contribution in [0.15, 0.2) is 24.3 Å². The van der Waals surface area contributed by atoms with Crippen molar-refractivity contribution >= 4 is 3.07 Å². The molecule has 0 fully saturated rings. The molecule has 2 heteroatoms. The molecule has 42 valence electrons. The van der Waals surface area contributed by atoms with Gasteiger partial charge >= 0.3 is 71.1 Å². The molecule has 0 aliphatic carbocycles. The molecule has 0 heterocycles. The Hall–Kier alpha value is -0.0449. The van der Waals surface area contributed by atoms with E-state index in [0.717, 1.165) is 5.75 Å². The molecule has 0 aliphatic heterocycles. The summed E-state index contributed by atoms with van der Waals surface area (Å²) < 4.78 is 6.47. The first kappa shape index (κ1) is 7.07. The minimum atomic E-state index is 0.674. The molecule has 0 spiro atoms. The fraction of sp³-hybridized carbons (Fsp3) is 0.143. The van der Waals surface area contributed by atoms with Crippen molar-refractivity contribution in [1.82, 2.24) is 0 Å². The van der Waals surface area contributed by atoms with Crippen LogP contribution in [0.5, 0.6) is 5.75 Å². The van der Waals surface area contributed by atoms with Crippen LogP contribution in [0.2, 0.25) is 0 Å². The maximum absolute atomic E-state index is 5.09. The van der Waals surface area contributed by atoms with Crippen molar-refractivity contribution in [2.24, 2.45) is 0 Å². The minimum absolute atomic E-state index is 0.674. The van der Waals surface area contributed by atoms with Crippen molar-refractivity contribution < 1.29 is 30.9 Å². The van der Waals surface area contributed by atoms with Crippen molar-refractivity contribution in [1.29, 1.82) is 0 Å². The van der Waals surface area contributed by atoms with Crippen LogP contribution in [-0.4, -0.2) is 7.11 Å². The number of ether oxygens (including phenoxy) is 1. The molecule has 1 nitrogen and oxygen atoms in total. The summed E-state index contributed by atoms with van der Waals surface area (Å²) in [6.07, 6.45) is 0. The predicted molar refractivity (Wildman–Crippen MR) is 32.6 cm³/mol. The van der Waals surface area contributed by atoms with Crippen LogP contribution in [0.1, 0.15) is 0 Å². The number of rotatable bonds is 1. The summed E-state index contributed by atoms with van der Waals surface area (Å²) >= 11 is 0.674. The SMILES string of the molecule is COc1cccc[c]1[Hg+]. The summed E-state index contributed by atoms with van der Waals surface area (Å²) in [7, 11) is 1.71. The van der Waals surface area contributed by atoms with Gasteiger partial charge in [0, 0.05) is 0 Å². The molecule has 1 rings (SSSR count). The molecule has 9 heavy (non-hydrogen) atoms. The van der Waals surface area contributed by atoms with Gasteiger partial charge in [0.25, 0.3) is 0 Å². The van der Waals surface area contributed by atoms with Crippen LogP contribution < -0.4 is 7.81 Å². The summed E-state index contributed by atoms with van der Waals surface area (Å²) in [6, 6.07) is 8.16. The van der Waals surface area contributed by atoms with Gasteiger partial charge in [0.2, 0.25) is 0 Å². The fourth-order valence-corrected chi connectivity index (χ4v) is 2.25. The number of hydrogen-bond donors (Lipinski definition) is 0. The van der Waals surface area contributed by atoms with Crippen LogP contribution >= 0.6 is 0 Å². The number of methoxy groups -OCH3 is 1. The first-order valence-corrected chi connectivity index (χ1v) is 5.54. The number of para-hydroxylation sites is 1. The maximum atomic E-state index is 5.09. The Kier molecular flexibility index (Phi) is 2.52. The standard InChI is InChI=1S/C7H7O.Hg/c1-8-7-5-3-2-4-6-7;/h2-5H,1H3;/q;+1. The average molecular weight is 308 g/mol. The van der Waals surface area contributed by atoms with Crippen LogP contribution in [-0.2, 0) is 26.1 Å². The van der Waals surface area contributed by atoms with Gasteiger partial charge in [0.15, 0.2) is 0 Å². The molecule has 1 aromatic carbocycles. The van der Waals surface area contributed by atoms with Crippen LogP contribution in [0, 0.1) is 0 Å². The zero-order valence-corrected chi connectivity index (χ0v) is 10.9. The zero-order valence-electron chi connectivity index (χ0n) is 5.42. The molecule has 0 radical (unpaired) electrons. The van der Waals surface area contributed by atoms with Gasteiger partial charge in [-0.3, -0.25) is 0 Å². The summed E-state index contributed by atoms with van der Waals surface area (Å²) in [5, 5.41) is 0. The van der Waals surface area contributed by atoms with Gasteiger partial charge < -0.3 is 0 Å². The van der Waals surface area contributed by atoms with Crippen LogP contribution in [0.25, 0.3) is 0 Å². The normalized spacial score (nSPS) is 9.22. The number of benzene rings is 1. The summed E-state index contributed by atoms with van der Waals surface area (Å²) in [5.74, 6) is 1.04. The molecule has 0 saturated carbocycles.